The summed E-state index contributed by atoms with van der Waals surface area (Å²) in [4.78, 5) is 26.2. The molecule has 24 heavy (non-hydrogen) atoms. The van der Waals surface area contributed by atoms with E-state index in [4.69, 9.17) is 14.6 Å². The summed E-state index contributed by atoms with van der Waals surface area (Å²) in [7, 11) is 2.85. The van der Waals surface area contributed by atoms with Gasteiger partial charge in [-0.1, -0.05) is 0 Å². The first-order valence-electron chi connectivity index (χ1n) is 6.79. The molecule has 2 rings (SSSR count). The molecule has 0 fully saturated rings. The molecule has 128 valence electrons. The number of ether oxygens (including phenoxy) is 2. The number of benzene rings is 1. The molecule has 0 spiro atoms. The first kappa shape index (κ1) is 17.7. The van der Waals surface area contributed by atoms with Gasteiger partial charge in [-0.15, -0.1) is 11.3 Å². The highest BCUT2D eigenvalue weighted by Crippen LogP contribution is 2.36. The highest BCUT2D eigenvalue weighted by Gasteiger charge is 2.16. The second-order valence-electron chi connectivity index (χ2n) is 4.68. The maximum absolute atomic E-state index is 14.2. The fourth-order valence-corrected chi connectivity index (χ4v) is 2.77. The third-order valence-electron chi connectivity index (χ3n) is 3.03. The summed E-state index contributed by atoms with van der Waals surface area (Å²) in [5, 5.41) is 12.8. The van der Waals surface area contributed by atoms with E-state index in [9.17, 15) is 14.0 Å². The minimum Gasteiger partial charge on any atom is -0.493 e. The Morgan fingerprint density at radius 3 is 2.58 bits per heavy atom. The molecule has 0 unspecified atom stereocenters. The van der Waals surface area contributed by atoms with Gasteiger partial charge in [-0.05, 0) is 6.07 Å². The number of methoxy groups -OCH3 is 2. The number of carbonyl (C=O) groups is 2. The lowest BCUT2D eigenvalue weighted by molar-refractivity contribution is -0.137. The van der Waals surface area contributed by atoms with E-state index in [2.05, 4.69) is 10.3 Å². The highest BCUT2D eigenvalue weighted by molar-refractivity contribution is 7.13. The normalized spacial score (nSPS) is 10.3. The van der Waals surface area contributed by atoms with E-state index in [1.54, 1.807) is 5.38 Å². The Bertz CT molecular complexity index is 762. The zero-order valence-electron chi connectivity index (χ0n) is 13.0. The molecule has 0 saturated heterocycles. The number of hydrogen-bond donors (Lipinski definition) is 2. The predicted molar refractivity (Wildman–Crippen MR) is 85.0 cm³/mol. The number of halogens is 1. The summed E-state index contributed by atoms with van der Waals surface area (Å²) < 4.78 is 24.4. The van der Waals surface area contributed by atoms with Crippen LogP contribution in [0, 0.1) is 5.82 Å². The van der Waals surface area contributed by atoms with Gasteiger partial charge in [0.1, 0.15) is 17.4 Å². The van der Waals surface area contributed by atoms with E-state index in [1.165, 1.54) is 37.7 Å². The average molecular weight is 354 g/mol. The molecule has 1 aromatic carbocycles. The Morgan fingerprint density at radius 1 is 1.29 bits per heavy atom. The monoisotopic (exact) mass is 354 g/mol. The predicted octanol–water partition coefficient (Wildman–Crippen LogP) is 1.71. The summed E-state index contributed by atoms with van der Waals surface area (Å²) in [6.07, 6.45) is -0.0846. The minimum atomic E-state index is -1.13. The Kier molecular flexibility index (Phi) is 5.69. The molecule has 9 heteroatoms. The van der Waals surface area contributed by atoms with Gasteiger partial charge in [0.2, 0.25) is 5.91 Å². The van der Waals surface area contributed by atoms with Crippen molar-refractivity contribution < 1.29 is 28.6 Å². The molecule has 0 atom stereocenters. The van der Waals surface area contributed by atoms with Crippen LogP contribution >= 0.6 is 11.3 Å². The van der Waals surface area contributed by atoms with Crippen LogP contribution in [-0.2, 0) is 16.0 Å². The number of thiazole rings is 1. The molecule has 0 bridgehead atoms. The highest BCUT2D eigenvalue weighted by atomic mass is 32.1. The Balaban J connectivity index is 2.18. The number of amides is 1. The van der Waals surface area contributed by atoms with Crippen molar-refractivity contribution in [3.63, 3.8) is 0 Å². The third kappa shape index (κ3) is 4.19. The van der Waals surface area contributed by atoms with E-state index >= 15 is 0 Å². The number of carbonyl (C=O) groups excluding carboxylic acids is 1. The van der Waals surface area contributed by atoms with Gasteiger partial charge in [-0.2, -0.15) is 0 Å². The van der Waals surface area contributed by atoms with E-state index in [1.807, 2.05) is 0 Å². The van der Waals surface area contributed by atoms with E-state index in [0.717, 1.165) is 0 Å². The van der Waals surface area contributed by atoms with Crippen LogP contribution in [0.15, 0.2) is 17.5 Å². The van der Waals surface area contributed by atoms with Crippen molar-refractivity contribution in [1.82, 2.24) is 10.3 Å². The van der Waals surface area contributed by atoms with Crippen molar-refractivity contribution in [2.24, 2.45) is 0 Å². The van der Waals surface area contributed by atoms with Gasteiger partial charge in [-0.3, -0.25) is 9.59 Å². The van der Waals surface area contributed by atoms with Gasteiger partial charge >= 0.3 is 5.97 Å². The van der Waals surface area contributed by atoms with Gasteiger partial charge in [0.15, 0.2) is 11.5 Å². The molecule has 0 radical (unpaired) electrons. The lowest BCUT2D eigenvalue weighted by atomic mass is 10.2. The van der Waals surface area contributed by atoms with E-state index in [-0.39, 0.29) is 17.7 Å². The lowest BCUT2D eigenvalue weighted by Gasteiger charge is -2.09. The Labute approximate surface area is 141 Å². The summed E-state index contributed by atoms with van der Waals surface area (Å²) in [5.74, 6) is -1.49. The largest absolute Gasteiger partial charge is 0.493 e. The van der Waals surface area contributed by atoms with Crippen LogP contribution in [-0.4, -0.2) is 42.7 Å². The molecule has 0 aliphatic heterocycles. The molecule has 2 N–H and O–H groups in total. The molecule has 1 heterocycles. The fraction of sp³-hybridized carbons (Fsp3) is 0.267. The molecular weight excluding hydrogens is 339 g/mol. The number of nitrogens with zero attached hydrogens (tertiary/aromatic N) is 1. The molecule has 0 aliphatic carbocycles. The van der Waals surface area contributed by atoms with Gasteiger partial charge in [0.05, 0.1) is 31.9 Å². The van der Waals surface area contributed by atoms with Crippen molar-refractivity contribution in [1.29, 1.82) is 0 Å². The molecule has 0 saturated carbocycles. The van der Waals surface area contributed by atoms with E-state index in [0.29, 0.717) is 16.5 Å². The average Bonchev–Trinajstić information content (AvgIpc) is 3.00. The maximum Gasteiger partial charge on any atom is 0.322 e. The number of aromatic nitrogens is 1. The van der Waals surface area contributed by atoms with Crippen LogP contribution in [0.2, 0.25) is 0 Å². The van der Waals surface area contributed by atoms with Crippen molar-refractivity contribution in [3.05, 3.63) is 29.0 Å². The molecule has 0 aliphatic rings. The first-order chi connectivity index (χ1) is 11.4. The Morgan fingerprint density at radius 2 is 1.96 bits per heavy atom. The molecule has 1 amide bonds. The van der Waals surface area contributed by atoms with Crippen LogP contribution in [0.4, 0.5) is 4.39 Å². The standard InChI is InChI=1S/C15H15FN2O5S/c1-22-11-4-9(10(16)5-12(11)23-2)15-18-8(7-24-15)3-13(19)17-6-14(20)21/h4-5,7H,3,6H2,1-2H3,(H,17,19)(H,20,21). The number of aliphatic carboxylic acids is 1. The minimum absolute atomic E-state index is 0.0846. The molecule has 7 nitrogen and oxygen atoms in total. The third-order valence-corrected chi connectivity index (χ3v) is 3.96. The molecule has 1 aromatic heterocycles. The number of carboxylic acids is 1. The summed E-state index contributed by atoms with van der Waals surface area (Å²) in [6.45, 7) is -0.458. The van der Waals surface area contributed by atoms with Crippen molar-refractivity contribution in [2.75, 3.05) is 20.8 Å². The zero-order valence-corrected chi connectivity index (χ0v) is 13.8. The van der Waals surface area contributed by atoms with Gasteiger partial charge in [0, 0.05) is 11.4 Å². The fourth-order valence-electron chi connectivity index (χ4n) is 1.93. The summed E-state index contributed by atoms with van der Waals surface area (Å²) >= 11 is 1.17. The SMILES string of the molecule is COc1cc(F)c(-c2nc(CC(=O)NCC(=O)O)cs2)cc1OC. The second-order valence-corrected chi connectivity index (χ2v) is 5.54. The van der Waals surface area contributed by atoms with Gasteiger partial charge < -0.3 is 19.9 Å². The van der Waals surface area contributed by atoms with Gasteiger partial charge in [0.25, 0.3) is 0 Å². The van der Waals surface area contributed by atoms with Crippen LogP contribution in [0.5, 0.6) is 11.5 Å². The zero-order chi connectivity index (χ0) is 17.7. The number of nitrogens with one attached hydrogen (secondary N) is 1. The van der Waals surface area contributed by atoms with Crippen LogP contribution in [0.1, 0.15) is 5.69 Å². The van der Waals surface area contributed by atoms with Crippen molar-refractivity contribution >= 4 is 23.2 Å². The van der Waals surface area contributed by atoms with Crippen LogP contribution in [0.25, 0.3) is 10.6 Å². The molecular formula is C15H15FN2O5S. The first-order valence-corrected chi connectivity index (χ1v) is 7.67. The maximum atomic E-state index is 14.2. The number of hydrogen-bond acceptors (Lipinski definition) is 6. The summed E-state index contributed by atoms with van der Waals surface area (Å²) in [5.41, 5.74) is 0.655. The topological polar surface area (TPSA) is 97.8 Å². The van der Waals surface area contributed by atoms with E-state index < -0.39 is 24.2 Å². The quantitative estimate of drug-likeness (QED) is 0.786. The number of rotatable bonds is 7. The second kappa shape index (κ2) is 7.73. The van der Waals surface area contributed by atoms with Crippen LogP contribution in [0.3, 0.4) is 0 Å². The lowest BCUT2D eigenvalue weighted by Crippen LogP contribution is -2.30. The molecule has 2 aromatic rings. The van der Waals surface area contributed by atoms with Gasteiger partial charge in [-0.25, -0.2) is 9.37 Å². The van der Waals surface area contributed by atoms with Crippen LogP contribution < -0.4 is 14.8 Å². The Hall–Kier alpha value is -2.68. The van der Waals surface area contributed by atoms with Crippen molar-refractivity contribution in [2.45, 2.75) is 6.42 Å². The number of carboxylic acid groups (broad SMARTS) is 1. The summed E-state index contributed by atoms with van der Waals surface area (Å²) in [6, 6.07) is 2.68. The smallest absolute Gasteiger partial charge is 0.322 e. The van der Waals surface area contributed by atoms with Crippen molar-refractivity contribution in [3.8, 4) is 22.1 Å².